The van der Waals surface area contributed by atoms with Gasteiger partial charge in [-0.3, -0.25) is 0 Å². The zero-order chi connectivity index (χ0) is 13.7. The molecular weight excluding hydrogens is 277 g/mol. The lowest BCUT2D eigenvalue weighted by molar-refractivity contribution is 0.687. The average Bonchev–Trinajstić information content (AvgIpc) is 2.34. The third-order valence-electron chi connectivity index (χ3n) is 2.92. The van der Waals surface area contributed by atoms with E-state index in [-0.39, 0.29) is 0 Å². The Morgan fingerprint density at radius 1 is 0.947 bits per heavy atom. The molecule has 100 valence electrons. The Balaban J connectivity index is 1.80. The number of rotatable bonds is 5. The van der Waals surface area contributed by atoms with Crippen LogP contribution in [0, 0.1) is 6.92 Å². The van der Waals surface area contributed by atoms with Crippen LogP contribution in [0.2, 0.25) is 10.0 Å². The van der Waals surface area contributed by atoms with Gasteiger partial charge in [0.05, 0.1) is 0 Å². The van der Waals surface area contributed by atoms with Gasteiger partial charge in [0.15, 0.2) is 0 Å². The zero-order valence-corrected chi connectivity index (χ0v) is 12.4. The van der Waals surface area contributed by atoms with Gasteiger partial charge in [0.2, 0.25) is 0 Å². The summed E-state index contributed by atoms with van der Waals surface area (Å²) in [6, 6.07) is 14.2. The molecule has 3 heteroatoms. The van der Waals surface area contributed by atoms with Crippen LogP contribution in [0.5, 0.6) is 0 Å². The van der Waals surface area contributed by atoms with E-state index in [0.29, 0.717) is 10.0 Å². The lowest BCUT2D eigenvalue weighted by Crippen LogP contribution is -2.16. The maximum absolute atomic E-state index is 5.96. The molecule has 0 fully saturated rings. The summed E-state index contributed by atoms with van der Waals surface area (Å²) >= 11 is 11.9. The van der Waals surface area contributed by atoms with E-state index in [1.165, 1.54) is 11.1 Å². The topological polar surface area (TPSA) is 12.0 Å². The molecule has 0 saturated heterocycles. The van der Waals surface area contributed by atoms with Crippen molar-refractivity contribution >= 4 is 23.2 Å². The molecule has 2 rings (SSSR count). The molecule has 0 aliphatic heterocycles. The lowest BCUT2D eigenvalue weighted by atomic mass is 10.1. The Hall–Kier alpha value is -1.02. The first-order valence-electron chi connectivity index (χ1n) is 6.35. The van der Waals surface area contributed by atoms with Gasteiger partial charge in [0, 0.05) is 16.6 Å². The number of halogens is 2. The number of hydrogen-bond donors (Lipinski definition) is 1. The fourth-order valence-corrected chi connectivity index (χ4v) is 2.62. The normalized spacial score (nSPS) is 10.7. The van der Waals surface area contributed by atoms with Crippen molar-refractivity contribution < 1.29 is 0 Å². The Kier molecular flexibility index (Phi) is 5.26. The van der Waals surface area contributed by atoms with Crippen molar-refractivity contribution in [2.24, 2.45) is 0 Å². The minimum Gasteiger partial charge on any atom is -0.312 e. The van der Waals surface area contributed by atoms with Crippen LogP contribution in [-0.2, 0) is 13.0 Å². The maximum atomic E-state index is 5.96. The van der Waals surface area contributed by atoms with Gasteiger partial charge < -0.3 is 5.32 Å². The molecule has 2 aromatic carbocycles. The van der Waals surface area contributed by atoms with E-state index in [9.17, 15) is 0 Å². The second-order valence-corrected chi connectivity index (χ2v) is 5.57. The molecule has 0 aliphatic carbocycles. The van der Waals surface area contributed by atoms with Crippen molar-refractivity contribution in [1.29, 1.82) is 0 Å². The molecule has 0 aliphatic rings. The third kappa shape index (κ3) is 4.87. The average molecular weight is 294 g/mol. The summed E-state index contributed by atoms with van der Waals surface area (Å²) in [5, 5.41) is 4.77. The molecule has 0 heterocycles. The van der Waals surface area contributed by atoms with Crippen molar-refractivity contribution in [3.8, 4) is 0 Å². The molecule has 0 radical (unpaired) electrons. The van der Waals surface area contributed by atoms with Gasteiger partial charge >= 0.3 is 0 Å². The van der Waals surface area contributed by atoms with Gasteiger partial charge in [-0.1, -0.05) is 53.0 Å². The van der Waals surface area contributed by atoms with Crippen LogP contribution in [-0.4, -0.2) is 6.54 Å². The highest BCUT2D eigenvalue weighted by Gasteiger charge is 1.98. The van der Waals surface area contributed by atoms with Crippen molar-refractivity contribution in [2.45, 2.75) is 19.9 Å². The summed E-state index contributed by atoms with van der Waals surface area (Å²) in [6.07, 6.45) is 1.02. The number of nitrogens with one attached hydrogen (secondary N) is 1. The van der Waals surface area contributed by atoms with E-state index in [0.717, 1.165) is 25.1 Å². The fraction of sp³-hybridized carbons (Fsp3) is 0.250. The van der Waals surface area contributed by atoms with Crippen molar-refractivity contribution in [1.82, 2.24) is 5.32 Å². The third-order valence-corrected chi connectivity index (χ3v) is 3.36. The van der Waals surface area contributed by atoms with E-state index in [2.05, 4.69) is 36.5 Å². The van der Waals surface area contributed by atoms with Crippen LogP contribution in [0.1, 0.15) is 16.7 Å². The Morgan fingerprint density at radius 2 is 1.68 bits per heavy atom. The second-order valence-electron chi connectivity index (χ2n) is 4.69. The summed E-state index contributed by atoms with van der Waals surface area (Å²) in [5.74, 6) is 0. The minimum atomic E-state index is 0.683. The van der Waals surface area contributed by atoms with E-state index < -0.39 is 0 Å². The molecule has 19 heavy (non-hydrogen) atoms. The van der Waals surface area contributed by atoms with Crippen LogP contribution in [0.25, 0.3) is 0 Å². The summed E-state index contributed by atoms with van der Waals surface area (Å²) in [4.78, 5) is 0. The number of aryl methyl sites for hydroxylation is 1. The number of hydrogen-bond acceptors (Lipinski definition) is 1. The van der Waals surface area contributed by atoms with Crippen molar-refractivity contribution in [3.63, 3.8) is 0 Å². The van der Waals surface area contributed by atoms with Crippen molar-refractivity contribution in [2.75, 3.05) is 6.54 Å². The van der Waals surface area contributed by atoms with Crippen LogP contribution in [0.15, 0.2) is 42.5 Å². The predicted molar refractivity (Wildman–Crippen MR) is 83.1 cm³/mol. The first-order valence-corrected chi connectivity index (χ1v) is 7.10. The second kappa shape index (κ2) is 6.95. The van der Waals surface area contributed by atoms with Gasteiger partial charge in [-0.05, 0) is 49.2 Å². The molecule has 0 saturated carbocycles. The fourth-order valence-electron chi connectivity index (χ4n) is 2.05. The Morgan fingerprint density at radius 3 is 2.37 bits per heavy atom. The highest BCUT2D eigenvalue weighted by Crippen LogP contribution is 2.18. The van der Waals surface area contributed by atoms with E-state index >= 15 is 0 Å². The summed E-state index contributed by atoms with van der Waals surface area (Å²) in [6.45, 7) is 3.84. The molecule has 1 N–H and O–H groups in total. The Labute approximate surface area is 124 Å². The molecule has 0 aromatic heterocycles. The van der Waals surface area contributed by atoms with Gasteiger partial charge in [-0.2, -0.15) is 0 Å². The molecule has 0 bridgehead atoms. The lowest BCUT2D eigenvalue weighted by Gasteiger charge is -2.07. The van der Waals surface area contributed by atoms with E-state index in [4.69, 9.17) is 23.2 Å². The molecule has 0 amide bonds. The summed E-state index contributed by atoms with van der Waals surface area (Å²) in [5.41, 5.74) is 3.78. The van der Waals surface area contributed by atoms with Crippen LogP contribution in [0.4, 0.5) is 0 Å². The van der Waals surface area contributed by atoms with Gasteiger partial charge in [-0.15, -0.1) is 0 Å². The molecule has 1 nitrogen and oxygen atoms in total. The zero-order valence-electron chi connectivity index (χ0n) is 10.9. The van der Waals surface area contributed by atoms with Gasteiger partial charge in [0.1, 0.15) is 0 Å². The first-order chi connectivity index (χ1) is 9.13. The highest BCUT2D eigenvalue weighted by molar-refractivity contribution is 6.34. The predicted octanol–water partition coefficient (Wildman–Crippen LogP) is 4.63. The quantitative estimate of drug-likeness (QED) is 0.792. The van der Waals surface area contributed by atoms with E-state index in [1.54, 1.807) is 6.07 Å². The highest BCUT2D eigenvalue weighted by atomic mass is 35.5. The smallest absolute Gasteiger partial charge is 0.0424 e. The van der Waals surface area contributed by atoms with E-state index in [1.807, 2.05) is 12.1 Å². The maximum Gasteiger partial charge on any atom is 0.0424 e. The standard InChI is InChI=1S/C16H17Cl2N/c1-12-3-2-4-13(7-12)5-6-19-11-14-8-15(17)10-16(18)9-14/h2-4,7-10,19H,5-6,11H2,1H3. The SMILES string of the molecule is Cc1cccc(CCNCc2cc(Cl)cc(Cl)c2)c1. The van der Waals surface area contributed by atoms with Crippen LogP contribution >= 0.6 is 23.2 Å². The number of benzene rings is 2. The minimum absolute atomic E-state index is 0.683. The Bertz CT molecular complexity index is 532. The molecule has 0 spiro atoms. The van der Waals surface area contributed by atoms with Gasteiger partial charge in [0.25, 0.3) is 0 Å². The van der Waals surface area contributed by atoms with Gasteiger partial charge in [-0.25, -0.2) is 0 Å². The monoisotopic (exact) mass is 293 g/mol. The largest absolute Gasteiger partial charge is 0.312 e. The summed E-state index contributed by atoms with van der Waals surface area (Å²) in [7, 11) is 0. The first kappa shape index (κ1) is 14.4. The molecule has 2 aromatic rings. The molecule has 0 unspecified atom stereocenters. The summed E-state index contributed by atoms with van der Waals surface area (Å²) < 4.78 is 0. The van der Waals surface area contributed by atoms with Crippen molar-refractivity contribution in [3.05, 3.63) is 69.2 Å². The molecule has 0 atom stereocenters. The van der Waals surface area contributed by atoms with Crippen LogP contribution < -0.4 is 5.32 Å². The van der Waals surface area contributed by atoms with Crippen LogP contribution in [0.3, 0.4) is 0 Å². The molecular formula is C16H17Cl2N.